The number of benzene rings is 2. The monoisotopic (exact) mass is 538 g/mol. The lowest BCUT2D eigenvalue weighted by molar-refractivity contribution is -0.148. The zero-order chi connectivity index (χ0) is 29.5. The van der Waals surface area contributed by atoms with Crippen molar-refractivity contribution in [2.45, 2.75) is 91.5 Å². The summed E-state index contributed by atoms with van der Waals surface area (Å²) in [7, 11) is 0. The van der Waals surface area contributed by atoms with Crippen LogP contribution < -0.4 is 16.4 Å². The van der Waals surface area contributed by atoms with E-state index in [0.717, 1.165) is 11.1 Å². The lowest BCUT2D eigenvalue weighted by Crippen LogP contribution is -2.59. The molecule has 0 saturated carbocycles. The van der Waals surface area contributed by atoms with Gasteiger partial charge in [0.2, 0.25) is 11.8 Å². The Bertz CT molecular complexity index is 1200. The van der Waals surface area contributed by atoms with Gasteiger partial charge in [-0.3, -0.25) is 14.4 Å². The van der Waals surface area contributed by atoms with E-state index < -0.39 is 53.5 Å². The van der Waals surface area contributed by atoms with E-state index in [1.807, 2.05) is 71.0 Å². The van der Waals surface area contributed by atoms with E-state index >= 15 is 0 Å². The minimum atomic E-state index is -1.35. The van der Waals surface area contributed by atoms with Crippen LogP contribution in [0.1, 0.15) is 77.1 Å². The molecule has 9 nitrogen and oxygen atoms in total. The fourth-order valence-electron chi connectivity index (χ4n) is 4.14. The number of carbonyl (C=O) groups is 4. The molecule has 2 rings (SSSR count). The van der Waals surface area contributed by atoms with E-state index in [1.165, 1.54) is 4.90 Å². The third-order valence-electron chi connectivity index (χ3n) is 6.42. The van der Waals surface area contributed by atoms with Crippen LogP contribution in [0, 0.1) is 13.8 Å². The minimum absolute atomic E-state index is 0.431. The van der Waals surface area contributed by atoms with E-state index in [-0.39, 0.29) is 0 Å². The normalized spacial score (nSPS) is 13.1. The van der Waals surface area contributed by atoms with Crippen LogP contribution in [0.4, 0.5) is 10.5 Å². The average molecular weight is 539 g/mol. The highest BCUT2D eigenvalue weighted by Gasteiger charge is 2.43. The number of hydrogen-bond acceptors (Lipinski definition) is 5. The van der Waals surface area contributed by atoms with Crippen molar-refractivity contribution in [1.29, 1.82) is 0 Å². The number of nitrogens with two attached hydrogens (primary N) is 1. The molecule has 0 fully saturated rings. The first-order chi connectivity index (χ1) is 18.1. The van der Waals surface area contributed by atoms with Crippen molar-refractivity contribution in [3.8, 4) is 0 Å². The summed E-state index contributed by atoms with van der Waals surface area (Å²) in [6.07, 6.45) is -0.851. The molecule has 0 radical (unpaired) electrons. The maximum Gasteiger partial charge on any atom is 0.408 e. The van der Waals surface area contributed by atoms with E-state index in [9.17, 15) is 19.2 Å². The number of anilines is 1. The molecule has 0 spiro atoms. The van der Waals surface area contributed by atoms with Gasteiger partial charge in [0.15, 0.2) is 0 Å². The van der Waals surface area contributed by atoms with Crippen molar-refractivity contribution in [2.75, 3.05) is 5.32 Å². The lowest BCUT2D eigenvalue weighted by atomic mass is 9.91. The van der Waals surface area contributed by atoms with E-state index in [1.54, 1.807) is 32.9 Å². The van der Waals surface area contributed by atoms with Gasteiger partial charge in [0.25, 0.3) is 5.91 Å². The van der Waals surface area contributed by atoms with E-state index in [0.29, 0.717) is 17.7 Å². The number of primary amides is 1. The number of nitrogens with one attached hydrogen (secondary N) is 2. The highest BCUT2D eigenvalue weighted by atomic mass is 16.6. The molecule has 0 bridgehead atoms. The number of carbonyl (C=O) groups excluding carboxylic acids is 4. The van der Waals surface area contributed by atoms with Crippen molar-refractivity contribution < 1.29 is 23.9 Å². The summed E-state index contributed by atoms with van der Waals surface area (Å²) < 4.78 is 5.34. The Labute approximate surface area is 231 Å². The Morgan fingerprint density at radius 3 is 2.15 bits per heavy atom. The highest BCUT2D eigenvalue weighted by molar-refractivity contribution is 6.00. The van der Waals surface area contributed by atoms with Crippen molar-refractivity contribution in [3.63, 3.8) is 0 Å². The number of aryl methyl sites for hydroxylation is 2. The molecule has 2 aromatic carbocycles. The Balaban J connectivity index is 2.66. The van der Waals surface area contributed by atoms with Gasteiger partial charge in [-0.1, -0.05) is 55.0 Å². The Morgan fingerprint density at radius 2 is 1.62 bits per heavy atom. The Hall–Kier alpha value is -3.88. The lowest BCUT2D eigenvalue weighted by Gasteiger charge is -2.44. The van der Waals surface area contributed by atoms with Gasteiger partial charge in [-0.15, -0.1) is 0 Å². The molecule has 0 saturated heterocycles. The average Bonchev–Trinajstić information content (AvgIpc) is 2.81. The second-order valence-corrected chi connectivity index (χ2v) is 11.4. The van der Waals surface area contributed by atoms with Gasteiger partial charge >= 0.3 is 6.09 Å². The second kappa shape index (κ2) is 12.8. The zero-order valence-electron chi connectivity index (χ0n) is 24.3. The Morgan fingerprint density at radius 1 is 0.974 bits per heavy atom. The van der Waals surface area contributed by atoms with Crippen molar-refractivity contribution in [2.24, 2.45) is 5.73 Å². The second-order valence-electron chi connectivity index (χ2n) is 11.4. The molecule has 4 amide bonds. The summed E-state index contributed by atoms with van der Waals surface area (Å²) in [4.78, 5) is 54.4. The van der Waals surface area contributed by atoms with Gasteiger partial charge in [0.05, 0.1) is 6.42 Å². The van der Waals surface area contributed by atoms with Crippen LogP contribution >= 0.6 is 0 Å². The molecule has 0 heterocycles. The quantitative estimate of drug-likeness (QED) is 0.401. The number of ether oxygens (including phenoxy) is 1. The molecule has 212 valence electrons. The van der Waals surface area contributed by atoms with Crippen LogP contribution in [-0.2, 0) is 19.1 Å². The minimum Gasteiger partial charge on any atom is -0.444 e. The molecule has 4 N–H and O–H groups in total. The third-order valence-corrected chi connectivity index (χ3v) is 6.42. The maximum atomic E-state index is 14.3. The summed E-state index contributed by atoms with van der Waals surface area (Å²) in [6.45, 7) is 14.4. The number of nitrogens with zero attached hydrogens (tertiary/aromatic N) is 1. The van der Waals surface area contributed by atoms with E-state index in [2.05, 4.69) is 10.6 Å². The fourth-order valence-corrected chi connectivity index (χ4v) is 4.14. The van der Waals surface area contributed by atoms with Crippen molar-refractivity contribution in [3.05, 3.63) is 65.2 Å². The summed E-state index contributed by atoms with van der Waals surface area (Å²) in [5, 5.41) is 5.49. The fraction of sp³-hybridized carbons (Fsp3) is 0.467. The molecule has 0 aliphatic heterocycles. The molecule has 2 aromatic rings. The van der Waals surface area contributed by atoms with Crippen molar-refractivity contribution >= 4 is 29.5 Å². The summed E-state index contributed by atoms with van der Waals surface area (Å²) in [6, 6.07) is 12.3. The van der Waals surface area contributed by atoms with Crippen LogP contribution in [0.15, 0.2) is 48.5 Å². The maximum absolute atomic E-state index is 14.3. The number of rotatable bonds is 10. The number of alkyl carbamates (subject to hydrolysis) is 1. The zero-order valence-corrected chi connectivity index (χ0v) is 24.3. The number of amides is 4. The summed E-state index contributed by atoms with van der Waals surface area (Å²) in [5.74, 6) is -1.84. The van der Waals surface area contributed by atoms with Crippen LogP contribution in [-0.4, -0.2) is 45.9 Å². The van der Waals surface area contributed by atoms with Gasteiger partial charge < -0.3 is 26.0 Å². The first-order valence-electron chi connectivity index (χ1n) is 13.1. The molecule has 2 atom stereocenters. The topological polar surface area (TPSA) is 131 Å². The third kappa shape index (κ3) is 8.84. The first kappa shape index (κ1) is 31.3. The molecular formula is C30H42N4O5. The van der Waals surface area contributed by atoms with Gasteiger partial charge in [-0.25, -0.2) is 4.79 Å². The van der Waals surface area contributed by atoms with Crippen LogP contribution in [0.2, 0.25) is 0 Å². The van der Waals surface area contributed by atoms with Crippen molar-refractivity contribution in [1.82, 2.24) is 10.2 Å². The van der Waals surface area contributed by atoms with Gasteiger partial charge in [0.1, 0.15) is 17.7 Å². The Kier molecular flexibility index (Phi) is 10.3. The largest absolute Gasteiger partial charge is 0.444 e. The predicted octanol–water partition coefficient (Wildman–Crippen LogP) is 4.77. The molecule has 9 heteroatoms. The molecule has 39 heavy (non-hydrogen) atoms. The number of hydrogen-bond donors (Lipinski definition) is 3. The number of para-hydroxylation sites is 1. The summed E-state index contributed by atoms with van der Waals surface area (Å²) in [5.41, 5.74) is 6.76. The van der Waals surface area contributed by atoms with Crippen LogP contribution in [0.5, 0.6) is 0 Å². The van der Waals surface area contributed by atoms with Gasteiger partial charge in [-0.05, 0) is 72.1 Å². The molecular weight excluding hydrogens is 496 g/mol. The van der Waals surface area contributed by atoms with E-state index in [4.69, 9.17) is 10.5 Å². The highest BCUT2D eigenvalue weighted by Crippen LogP contribution is 2.34. The summed E-state index contributed by atoms with van der Waals surface area (Å²) >= 11 is 0. The van der Waals surface area contributed by atoms with Crippen LogP contribution in [0.3, 0.4) is 0 Å². The predicted molar refractivity (Wildman–Crippen MR) is 152 cm³/mol. The first-order valence-corrected chi connectivity index (χ1v) is 13.1. The smallest absolute Gasteiger partial charge is 0.408 e. The SMILES string of the molecule is CCC(C)(C)N(C(=O)C(CC(N)=O)NC(=O)OC(C)(C)C)C(C(=O)Nc1ccccc1C)c1cccc(C)c1. The standard InChI is InChI=1S/C30H42N4O5/c1-9-30(7,8)34(27(37)23(18-24(31)35)33-28(38)39-29(4,5)6)25(21-15-12-13-19(2)17-21)26(36)32-22-16-11-10-14-20(22)3/h10-17,23,25H,9,18H2,1-8H3,(H2,31,35)(H,32,36)(H,33,38). The molecule has 0 aliphatic carbocycles. The molecule has 2 unspecified atom stereocenters. The van der Waals surface area contributed by atoms with Gasteiger partial charge in [0, 0.05) is 11.2 Å². The van der Waals surface area contributed by atoms with Gasteiger partial charge in [-0.2, -0.15) is 0 Å². The van der Waals surface area contributed by atoms with Crippen LogP contribution in [0.25, 0.3) is 0 Å². The molecule has 0 aliphatic rings. The molecule has 0 aromatic heterocycles.